The zero-order valence-electron chi connectivity index (χ0n) is 14.4. The third kappa shape index (κ3) is 4.73. The van der Waals surface area contributed by atoms with E-state index in [2.05, 4.69) is 18.8 Å². The molecule has 6 heteroatoms. The molecule has 1 heterocycles. The number of benzene rings is 1. The number of hydrogen-bond donors (Lipinski definition) is 0. The van der Waals surface area contributed by atoms with Gasteiger partial charge in [-0.15, -0.1) is 0 Å². The van der Waals surface area contributed by atoms with E-state index in [4.69, 9.17) is 4.74 Å². The second kappa shape index (κ2) is 8.19. The van der Waals surface area contributed by atoms with Crippen molar-refractivity contribution in [2.75, 3.05) is 6.61 Å². The molecule has 2 aromatic rings. The first kappa shape index (κ1) is 18.3. The van der Waals surface area contributed by atoms with Gasteiger partial charge in [0.25, 0.3) is 5.69 Å². The standard InChI is InChI=1S/C19H20N2O4/c1-4-25-19(22)17-11-16(21(23)24)12-20-18(17)10-7-14-5-8-15(9-6-14)13(2)3/h5-13H,4H2,1-3H3/b10-7+. The summed E-state index contributed by atoms with van der Waals surface area (Å²) in [5.41, 5.74) is 2.33. The van der Waals surface area contributed by atoms with Gasteiger partial charge in [0.05, 0.1) is 22.8 Å². The third-order valence-electron chi connectivity index (χ3n) is 3.65. The predicted molar refractivity (Wildman–Crippen MR) is 96.3 cm³/mol. The maximum Gasteiger partial charge on any atom is 0.340 e. The minimum absolute atomic E-state index is 0.0751. The summed E-state index contributed by atoms with van der Waals surface area (Å²) in [7, 11) is 0. The van der Waals surface area contributed by atoms with Gasteiger partial charge in [0.1, 0.15) is 6.20 Å². The first-order chi connectivity index (χ1) is 11.9. The normalized spacial score (nSPS) is 11.0. The zero-order valence-corrected chi connectivity index (χ0v) is 14.4. The summed E-state index contributed by atoms with van der Waals surface area (Å²) >= 11 is 0. The lowest BCUT2D eigenvalue weighted by Crippen LogP contribution is -2.08. The van der Waals surface area contributed by atoms with Crippen LogP contribution in [0.3, 0.4) is 0 Å². The molecule has 130 valence electrons. The molecule has 0 unspecified atom stereocenters. The van der Waals surface area contributed by atoms with Crippen LogP contribution in [-0.4, -0.2) is 22.5 Å². The van der Waals surface area contributed by atoms with Crippen LogP contribution in [0.4, 0.5) is 5.69 Å². The van der Waals surface area contributed by atoms with Crippen molar-refractivity contribution in [1.82, 2.24) is 4.98 Å². The summed E-state index contributed by atoms with van der Waals surface area (Å²) in [6.45, 7) is 6.10. The number of ether oxygens (including phenoxy) is 1. The monoisotopic (exact) mass is 340 g/mol. The molecule has 0 amide bonds. The van der Waals surface area contributed by atoms with Crippen molar-refractivity contribution in [1.29, 1.82) is 0 Å². The van der Waals surface area contributed by atoms with E-state index in [1.54, 1.807) is 19.1 Å². The Morgan fingerprint density at radius 3 is 2.52 bits per heavy atom. The van der Waals surface area contributed by atoms with E-state index < -0.39 is 10.9 Å². The molecule has 0 N–H and O–H groups in total. The molecule has 0 aliphatic rings. The highest BCUT2D eigenvalue weighted by atomic mass is 16.6. The number of nitro groups is 1. The Morgan fingerprint density at radius 2 is 1.96 bits per heavy atom. The van der Waals surface area contributed by atoms with Crippen molar-refractivity contribution >= 4 is 23.8 Å². The van der Waals surface area contributed by atoms with E-state index in [9.17, 15) is 14.9 Å². The molecule has 6 nitrogen and oxygen atoms in total. The SMILES string of the molecule is CCOC(=O)c1cc([N+](=O)[O-])cnc1/C=C/c1ccc(C(C)C)cc1. The fourth-order valence-corrected chi connectivity index (χ4v) is 2.24. The summed E-state index contributed by atoms with van der Waals surface area (Å²) in [4.78, 5) is 26.4. The molecule has 0 bridgehead atoms. The molecular formula is C19H20N2O4. The van der Waals surface area contributed by atoms with Gasteiger partial charge in [0.15, 0.2) is 0 Å². The molecule has 0 radical (unpaired) electrons. The summed E-state index contributed by atoms with van der Waals surface area (Å²) in [5.74, 6) is -0.182. The average molecular weight is 340 g/mol. The van der Waals surface area contributed by atoms with Crippen LogP contribution in [0.15, 0.2) is 36.5 Å². The Labute approximate surface area is 146 Å². The van der Waals surface area contributed by atoms with Gasteiger partial charge in [-0.1, -0.05) is 44.2 Å². The largest absolute Gasteiger partial charge is 0.462 e. The van der Waals surface area contributed by atoms with Gasteiger partial charge in [0.2, 0.25) is 0 Å². The molecular weight excluding hydrogens is 320 g/mol. The van der Waals surface area contributed by atoms with Crippen LogP contribution >= 0.6 is 0 Å². The minimum atomic E-state index is -0.631. The molecule has 2 rings (SSSR count). The molecule has 25 heavy (non-hydrogen) atoms. The van der Waals surface area contributed by atoms with Crippen molar-refractivity contribution in [2.45, 2.75) is 26.7 Å². The Hall–Kier alpha value is -3.02. The molecule has 0 aliphatic carbocycles. The average Bonchev–Trinajstić information content (AvgIpc) is 2.60. The number of nitrogens with zero attached hydrogens (tertiary/aromatic N) is 2. The van der Waals surface area contributed by atoms with Crippen molar-refractivity contribution < 1.29 is 14.5 Å². The zero-order chi connectivity index (χ0) is 18.4. The van der Waals surface area contributed by atoms with Gasteiger partial charge in [-0.3, -0.25) is 10.1 Å². The molecule has 0 fully saturated rings. The number of esters is 1. The Bertz CT molecular complexity index is 796. The summed E-state index contributed by atoms with van der Waals surface area (Å²) in [6, 6.07) is 9.22. The van der Waals surface area contributed by atoms with Gasteiger partial charge in [-0.25, -0.2) is 9.78 Å². The second-order valence-corrected chi connectivity index (χ2v) is 5.76. The number of carbonyl (C=O) groups excluding carboxylic acids is 1. The number of carbonyl (C=O) groups is 1. The van der Waals surface area contributed by atoms with Crippen molar-refractivity contribution in [2.24, 2.45) is 0 Å². The Balaban J connectivity index is 2.33. The predicted octanol–water partition coefficient (Wildman–Crippen LogP) is 4.46. The van der Waals surface area contributed by atoms with Crippen molar-refractivity contribution in [3.8, 4) is 0 Å². The summed E-state index contributed by atoms with van der Waals surface area (Å²) < 4.78 is 4.96. The fourth-order valence-electron chi connectivity index (χ4n) is 2.24. The first-order valence-corrected chi connectivity index (χ1v) is 8.02. The number of hydrogen-bond acceptors (Lipinski definition) is 5. The van der Waals surface area contributed by atoms with Gasteiger partial charge in [-0.05, 0) is 30.0 Å². The lowest BCUT2D eigenvalue weighted by Gasteiger charge is -2.06. The van der Waals surface area contributed by atoms with Crippen LogP contribution in [0.1, 0.15) is 53.9 Å². The molecule has 0 atom stereocenters. The molecule has 1 aromatic carbocycles. The van der Waals surface area contributed by atoms with E-state index >= 15 is 0 Å². The van der Waals surface area contributed by atoms with Gasteiger partial charge < -0.3 is 4.74 Å². The molecule has 0 spiro atoms. The summed E-state index contributed by atoms with van der Waals surface area (Å²) in [5, 5.41) is 10.9. The first-order valence-electron chi connectivity index (χ1n) is 8.02. The Morgan fingerprint density at radius 1 is 1.28 bits per heavy atom. The van der Waals surface area contributed by atoms with Crippen LogP contribution in [0.2, 0.25) is 0 Å². The lowest BCUT2D eigenvalue weighted by atomic mass is 10.0. The van der Waals surface area contributed by atoms with Crippen LogP contribution in [0, 0.1) is 10.1 Å². The smallest absolute Gasteiger partial charge is 0.340 e. The quantitative estimate of drug-likeness (QED) is 0.440. The topological polar surface area (TPSA) is 82.3 Å². The van der Waals surface area contributed by atoms with Crippen LogP contribution in [0.5, 0.6) is 0 Å². The van der Waals surface area contributed by atoms with E-state index in [0.717, 1.165) is 11.8 Å². The minimum Gasteiger partial charge on any atom is -0.462 e. The lowest BCUT2D eigenvalue weighted by molar-refractivity contribution is -0.385. The number of aromatic nitrogens is 1. The molecule has 1 aromatic heterocycles. The van der Waals surface area contributed by atoms with Crippen molar-refractivity contribution in [3.63, 3.8) is 0 Å². The number of rotatable bonds is 6. The van der Waals surface area contributed by atoms with Gasteiger partial charge >= 0.3 is 5.97 Å². The fraction of sp³-hybridized carbons (Fsp3) is 0.263. The third-order valence-corrected chi connectivity index (χ3v) is 3.65. The van der Waals surface area contributed by atoms with Gasteiger partial charge in [0, 0.05) is 6.07 Å². The van der Waals surface area contributed by atoms with Crippen LogP contribution in [0.25, 0.3) is 12.2 Å². The number of pyridine rings is 1. The van der Waals surface area contributed by atoms with E-state index in [-0.39, 0.29) is 17.9 Å². The Kier molecular flexibility index (Phi) is 6.00. The molecule has 0 aliphatic heterocycles. The van der Waals surface area contributed by atoms with E-state index in [1.165, 1.54) is 11.6 Å². The van der Waals surface area contributed by atoms with E-state index in [0.29, 0.717) is 11.6 Å². The highest BCUT2D eigenvalue weighted by Crippen LogP contribution is 2.20. The highest BCUT2D eigenvalue weighted by molar-refractivity contribution is 5.94. The van der Waals surface area contributed by atoms with Gasteiger partial charge in [-0.2, -0.15) is 0 Å². The molecule has 0 saturated carbocycles. The van der Waals surface area contributed by atoms with Crippen LogP contribution in [-0.2, 0) is 4.74 Å². The van der Waals surface area contributed by atoms with E-state index in [1.807, 2.05) is 24.3 Å². The van der Waals surface area contributed by atoms with Crippen LogP contribution < -0.4 is 0 Å². The molecule has 0 saturated heterocycles. The highest BCUT2D eigenvalue weighted by Gasteiger charge is 2.17. The second-order valence-electron chi connectivity index (χ2n) is 5.76. The maximum atomic E-state index is 12.1. The van der Waals surface area contributed by atoms with Crippen molar-refractivity contribution in [3.05, 3.63) is 69.0 Å². The summed E-state index contributed by atoms with van der Waals surface area (Å²) in [6.07, 6.45) is 4.59. The maximum absolute atomic E-state index is 12.1.